The number of carboxylic acids is 1. The highest BCUT2D eigenvalue weighted by atomic mass is 16.4. The lowest BCUT2D eigenvalue weighted by atomic mass is 9.79. The molecule has 1 saturated heterocycles. The Labute approximate surface area is 109 Å². The molecule has 0 aliphatic carbocycles. The van der Waals surface area contributed by atoms with E-state index in [4.69, 9.17) is 0 Å². The number of aliphatic carboxylic acids is 1. The zero-order valence-electron chi connectivity index (χ0n) is 11.9. The molecule has 1 aliphatic heterocycles. The molecule has 1 N–H and O–H groups in total. The van der Waals surface area contributed by atoms with Crippen LogP contribution < -0.4 is 0 Å². The Morgan fingerprint density at radius 3 is 2.22 bits per heavy atom. The quantitative estimate of drug-likeness (QED) is 0.746. The summed E-state index contributed by atoms with van der Waals surface area (Å²) in [5, 5.41) is 9.27. The molecule has 0 aromatic heterocycles. The van der Waals surface area contributed by atoms with Crippen molar-refractivity contribution in [3.05, 3.63) is 0 Å². The van der Waals surface area contributed by atoms with Gasteiger partial charge in [-0.2, -0.15) is 0 Å². The van der Waals surface area contributed by atoms with Gasteiger partial charge in [0.2, 0.25) is 5.91 Å². The summed E-state index contributed by atoms with van der Waals surface area (Å²) in [4.78, 5) is 27.5. The van der Waals surface area contributed by atoms with Crippen LogP contribution in [0.5, 0.6) is 0 Å². The number of likely N-dealkylation sites (N-methyl/N-ethyl adjacent to an activating group) is 1. The molecule has 0 saturated carbocycles. The molecule has 0 spiro atoms. The monoisotopic (exact) mass is 256 g/mol. The Bertz CT molecular complexity index is 336. The number of hydrogen-bond acceptors (Lipinski definition) is 3. The Morgan fingerprint density at radius 1 is 1.28 bits per heavy atom. The van der Waals surface area contributed by atoms with Gasteiger partial charge < -0.3 is 14.9 Å². The fourth-order valence-corrected chi connectivity index (χ4v) is 2.28. The Morgan fingerprint density at radius 2 is 1.83 bits per heavy atom. The van der Waals surface area contributed by atoms with Gasteiger partial charge in [-0.1, -0.05) is 20.8 Å². The number of carbonyl (C=O) groups excluding carboxylic acids is 1. The third-order valence-corrected chi connectivity index (χ3v) is 3.63. The molecule has 0 bridgehead atoms. The fourth-order valence-electron chi connectivity index (χ4n) is 2.28. The average molecular weight is 256 g/mol. The van der Waals surface area contributed by atoms with E-state index in [2.05, 4.69) is 4.90 Å². The van der Waals surface area contributed by atoms with Crippen molar-refractivity contribution in [2.45, 2.75) is 33.7 Å². The number of hydrogen-bond donors (Lipinski definition) is 1. The van der Waals surface area contributed by atoms with Gasteiger partial charge in [0.25, 0.3) is 0 Å². The molecule has 0 aromatic carbocycles. The second-order valence-electron chi connectivity index (χ2n) is 6.25. The topological polar surface area (TPSA) is 60.9 Å². The van der Waals surface area contributed by atoms with Crippen LogP contribution in [0.1, 0.15) is 27.7 Å². The van der Waals surface area contributed by atoms with E-state index < -0.39 is 17.3 Å². The van der Waals surface area contributed by atoms with Gasteiger partial charge in [-0.25, -0.2) is 0 Å². The normalized spacial score (nSPS) is 23.8. The highest BCUT2D eigenvalue weighted by Crippen LogP contribution is 2.28. The minimum atomic E-state index is -1.03. The van der Waals surface area contributed by atoms with E-state index in [1.54, 1.807) is 25.7 Å². The number of carboxylic acid groups (broad SMARTS) is 1. The van der Waals surface area contributed by atoms with Gasteiger partial charge in [-0.05, 0) is 19.4 Å². The van der Waals surface area contributed by atoms with Crippen LogP contribution in [0.2, 0.25) is 0 Å². The van der Waals surface area contributed by atoms with Crippen molar-refractivity contribution in [2.75, 3.05) is 26.7 Å². The molecular weight excluding hydrogens is 232 g/mol. The fraction of sp³-hybridized carbons (Fsp3) is 0.846. The van der Waals surface area contributed by atoms with Crippen LogP contribution in [-0.4, -0.2) is 59.5 Å². The Hall–Kier alpha value is -1.10. The number of amides is 1. The number of nitrogens with zero attached hydrogens (tertiary/aromatic N) is 2. The van der Waals surface area contributed by atoms with Gasteiger partial charge >= 0.3 is 5.97 Å². The molecule has 0 radical (unpaired) electrons. The summed E-state index contributed by atoms with van der Waals surface area (Å²) in [6, 6.07) is 0.275. The summed E-state index contributed by atoms with van der Waals surface area (Å²) in [6.07, 6.45) is 0. The van der Waals surface area contributed by atoms with Crippen molar-refractivity contribution in [1.82, 2.24) is 9.80 Å². The first kappa shape index (κ1) is 15.0. The second-order valence-corrected chi connectivity index (χ2v) is 6.25. The molecule has 2 unspecified atom stereocenters. The minimum Gasteiger partial charge on any atom is -0.481 e. The molecule has 5 heteroatoms. The predicted octanol–water partition coefficient (Wildman–Crippen LogP) is 0.896. The third-order valence-electron chi connectivity index (χ3n) is 3.63. The van der Waals surface area contributed by atoms with Gasteiger partial charge in [-0.3, -0.25) is 9.59 Å². The summed E-state index contributed by atoms with van der Waals surface area (Å²) < 4.78 is 0. The molecule has 1 aliphatic rings. The summed E-state index contributed by atoms with van der Waals surface area (Å²) in [7, 11) is 2.02. The maximum atomic E-state index is 12.4. The maximum absolute atomic E-state index is 12.4. The van der Waals surface area contributed by atoms with E-state index in [-0.39, 0.29) is 11.9 Å². The molecule has 1 amide bonds. The molecule has 1 rings (SSSR count). The molecule has 104 valence electrons. The molecule has 0 aromatic rings. The van der Waals surface area contributed by atoms with Crippen molar-refractivity contribution in [2.24, 2.45) is 11.3 Å². The van der Waals surface area contributed by atoms with Crippen LogP contribution in [0.3, 0.4) is 0 Å². The van der Waals surface area contributed by atoms with Crippen molar-refractivity contribution >= 4 is 11.9 Å². The number of carbonyl (C=O) groups is 2. The maximum Gasteiger partial charge on any atom is 0.316 e. The van der Waals surface area contributed by atoms with E-state index >= 15 is 0 Å². The molecule has 5 nitrogen and oxygen atoms in total. The molecule has 1 fully saturated rings. The van der Waals surface area contributed by atoms with Crippen LogP contribution in [-0.2, 0) is 9.59 Å². The minimum absolute atomic E-state index is 0.255. The molecular formula is C13H24N2O3. The van der Waals surface area contributed by atoms with Gasteiger partial charge in [-0.15, -0.1) is 0 Å². The van der Waals surface area contributed by atoms with E-state index in [0.29, 0.717) is 13.1 Å². The lowest BCUT2D eigenvalue weighted by Gasteiger charge is -2.40. The highest BCUT2D eigenvalue weighted by Gasteiger charge is 2.41. The largest absolute Gasteiger partial charge is 0.481 e. The van der Waals surface area contributed by atoms with Crippen LogP contribution in [0.15, 0.2) is 0 Å². The van der Waals surface area contributed by atoms with E-state index in [1.165, 1.54) is 0 Å². The van der Waals surface area contributed by atoms with E-state index in [9.17, 15) is 14.7 Å². The van der Waals surface area contributed by atoms with E-state index in [1.807, 2.05) is 14.0 Å². The van der Waals surface area contributed by atoms with Crippen molar-refractivity contribution in [3.8, 4) is 0 Å². The van der Waals surface area contributed by atoms with Crippen molar-refractivity contribution in [1.29, 1.82) is 0 Å². The predicted molar refractivity (Wildman–Crippen MR) is 69.3 cm³/mol. The standard InChI is InChI=1S/C13H24N2O3/c1-9-8-15(7-6-14(9)5)11(16)10(12(17)18)13(2,3)4/h9-10H,6-8H2,1-5H3,(H,17,18). The molecule has 2 atom stereocenters. The van der Waals surface area contributed by atoms with Gasteiger partial charge in [0.05, 0.1) is 0 Å². The van der Waals surface area contributed by atoms with Crippen LogP contribution >= 0.6 is 0 Å². The summed E-state index contributed by atoms with van der Waals surface area (Å²) >= 11 is 0. The summed E-state index contributed by atoms with van der Waals surface area (Å²) in [5.74, 6) is -2.25. The van der Waals surface area contributed by atoms with Gasteiger partial charge in [0.15, 0.2) is 0 Å². The van der Waals surface area contributed by atoms with Crippen LogP contribution in [0.25, 0.3) is 0 Å². The Balaban J connectivity index is 2.82. The molecule has 1 heterocycles. The first-order valence-electron chi connectivity index (χ1n) is 6.36. The van der Waals surface area contributed by atoms with Crippen molar-refractivity contribution in [3.63, 3.8) is 0 Å². The third kappa shape index (κ3) is 3.22. The lowest BCUT2D eigenvalue weighted by molar-refractivity contribution is -0.157. The van der Waals surface area contributed by atoms with Gasteiger partial charge in [0, 0.05) is 25.7 Å². The average Bonchev–Trinajstić information content (AvgIpc) is 2.19. The van der Waals surface area contributed by atoms with Crippen molar-refractivity contribution < 1.29 is 14.7 Å². The Kier molecular flexibility index (Phi) is 4.37. The highest BCUT2D eigenvalue weighted by molar-refractivity contribution is 5.97. The number of piperazine rings is 1. The SMILES string of the molecule is CC1CN(C(=O)C(C(=O)O)C(C)(C)C)CCN1C. The van der Waals surface area contributed by atoms with E-state index in [0.717, 1.165) is 6.54 Å². The smallest absolute Gasteiger partial charge is 0.316 e. The van der Waals surface area contributed by atoms with Crippen LogP contribution in [0, 0.1) is 11.3 Å². The summed E-state index contributed by atoms with van der Waals surface area (Å²) in [5.41, 5.74) is -0.560. The van der Waals surface area contributed by atoms with Crippen LogP contribution in [0.4, 0.5) is 0 Å². The number of rotatable bonds is 2. The van der Waals surface area contributed by atoms with Gasteiger partial charge in [0.1, 0.15) is 5.92 Å². The zero-order chi connectivity index (χ0) is 14.1. The lowest BCUT2D eigenvalue weighted by Crippen LogP contribution is -2.55. The summed E-state index contributed by atoms with van der Waals surface area (Å²) in [6.45, 7) is 9.44. The second kappa shape index (κ2) is 5.26. The zero-order valence-corrected chi connectivity index (χ0v) is 11.9. The molecule has 18 heavy (non-hydrogen) atoms. The first-order chi connectivity index (χ1) is 8.14. The first-order valence-corrected chi connectivity index (χ1v) is 6.36.